The maximum absolute atomic E-state index is 8.82. The van der Waals surface area contributed by atoms with Gasteiger partial charge in [-0.3, -0.25) is 0 Å². The van der Waals surface area contributed by atoms with Crippen molar-refractivity contribution < 1.29 is 9.84 Å². The lowest BCUT2D eigenvalue weighted by Gasteiger charge is -2.34. The van der Waals surface area contributed by atoms with Crippen LogP contribution in [0.2, 0.25) is 0 Å². The number of anilines is 2. The average Bonchev–Trinajstić information content (AvgIpc) is 2.52. The van der Waals surface area contributed by atoms with E-state index in [1.54, 1.807) is 6.33 Å². The van der Waals surface area contributed by atoms with Crippen LogP contribution < -0.4 is 10.2 Å². The number of hydrogen-bond donors (Lipinski definition) is 2. The highest BCUT2D eigenvalue weighted by atomic mass is 16.5. The molecule has 1 aromatic rings. The summed E-state index contributed by atoms with van der Waals surface area (Å²) in [6, 6.07) is 0. The van der Waals surface area contributed by atoms with E-state index in [4.69, 9.17) is 9.84 Å². The summed E-state index contributed by atoms with van der Waals surface area (Å²) in [5.74, 6) is 2.31. The molecular formula is C15H26N4O2. The standard InChI is InChI=1S/C15H26N4O2/c1-11(2)13-14(16-3)17-10-18-15(13)19-6-4-12(5-7-19)21-9-8-20/h10-12,20H,4-9H2,1-3H3,(H,16,17,18). The fraction of sp³-hybridized carbons (Fsp3) is 0.733. The predicted octanol–water partition coefficient (Wildman–Crippen LogP) is 1.62. The molecule has 2 heterocycles. The molecule has 1 aromatic heterocycles. The van der Waals surface area contributed by atoms with E-state index in [0.717, 1.165) is 37.6 Å². The van der Waals surface area contributed by atoms with Gasteiger partial charge in [0.05, 0.1) is 19.3 Å². The second-order valence-electron chi connectivity index (χ2n) is 5.65. The van der Waals surface area contributed by atoms with Crippen molar-refractivity contribution in [2.45, 2.75) is 38.7 Å². The second-order valence-corrected chi connectivity index (χ2v) is 5.65. The Bertz CT molecular complexity index is 445. The highest BCUT2D eigenvalue weighted by Gasteiger charge is 2.24. The number of aliphatic hydroxyl groups is 1. The van der Waals surface area contributed by atoms with Gasteiger partial charge in [0, 0.05) is 25.7 Å². The van der Waals surface area contributed by atoms with E-state index in [-0.39, 0.29) is 12.7 Å². The number of hydrogen-bond acceptors (Lipinski definition) is 6. The summed E-state index contributed by atoms with van der Waals surface area (Å²) < 4.78 is 5.62. The molecule has 118 valence electrons. The first-order valence-electron chi connectivity index (χ1n) is 7.67. The predicted molar refractivity (Wildman–Crippen MR) is 83.9 cm³/mol. The number of nitrogens with one attached hydrogen (secondary N) is 1. The highest BCUT2D eigenvalue weighted by Crippen LogP contribution is 2.32. The van der Waals surface area contributed by atoms with Crippen LogP contribution in [0.25, 0.3) is 0 Å². The van der Waals surface area contributed by atoms with Gasteiger partial charge in [-0.15, -0.1) is 0 Å². The van der Waals surface area contributed by atoms with Gasteiger partial charge in [0.25, 0.3) is 0 Å². The Morgan fingerprint density at radius 3 is 2.67 bits per heavy atom. The minimum absolute atomic E-state index is 0.0924. The van der Waals surface area contributed by atoms with Crippen molar-refractivity contribution in [1.29, 1.82) is 0 Å². The van der Waals surface area contributed by atoms with Gasteiger partial charge >= 0.3 is 0 Å². The smallest absolute Gasteiger partial charge is 0.137 e. The van der Waals surface area contributed by atoms with E-state index in [0.29, 0.717) is 12.5 Å². The molecule has 0 aliphatic carbocycles. The average molecular weight is 294 g/mol. The fourth-order valence-corrected chi connectivity index (χ4v) is 2.82. The minimum Gasteiger partial charge on any atom is -0.394 e. The molecule has 1 aliphatic heterocycles. The van der Waals surface area contributed by atoms with Crippen LogP contribution >= 0.6 is 0 Å². The Balaban J connectivity index is 2.09. The molecule has 0 aromatic carbocycles. The van der Waals surface area contributed by atoms with Crippen LogP contribution in [0.1, 0.15) is 38.2 Å². The summed E-state index contributed by atoms with van der Waals surface area (Å²) in [4.78, 5) is 11.2. The molecule has 1 saturated heterocycles. The molecule has 6 heteroatoms. The van der Waals surface area contributed by atoms with Crippen LogP contribution in [-0.2, 0) is 4.74 Å². The number of aliphatic hydroxyl groups excluding tert-OH is 1. The van der Waals surface area contributed by atoms with Gasteiger partial charge < -0.3 is 20.1 Å². The first kappa shape index (κ1) is 16.0. The Kier molecular flexibility index (Phi) is 5.76. The molecule has 0 spiro atoms. The number of piperidine rings is 1. The zero-order valence-corrected chi connectivity index (χ0v) is 13.2. The molecule has 0 unspecified atom stereocenters. The zero-order valence-electron chi connectivity index (χ0n) is 13.2. The topological polar surface area (TPSA) is 70.5 Å². The number of rotatable bonds is 6. The highest BCUT2D eigenvalue weighted by molar-refractivity contribution is 5.60. The first-order valence-corrected chi connectivity index (χ1v) is 7.67. The molecule has 1 fully saturated rings. The Hall–Kier alpha value is -1.40. The van der Waals surface area contributed by atoms with Crippen LogP contribution in [0, 0.1) is 0 Å². The molecular weight excluding hydrogens is 268 g/mol. The van der Waals surface area contributed by atoms with Gasteiger partial charge in [0.2, 0.25) is 0 Å². The molecule has 0 atom stereocenters. The van der Waals surface area contributed by atoms with Crippen LogP contribution in [-0.4, -0.2) is 54.5 Å². The summed E-state index contributed by atoms with van der Waals surface area (Å²) in [6.45, 7) is 6.71. The number of ether oxygens (including phenoxy) is 1. The summed E-state index contributed by atoms with van der Waals surface area (Å²) in [5.41, 5.74) is 1.18. The molecule has 0 radical (unpaired) electrons. The molecule has 6 nitrogen and oxygen atoms in total. The lowest BCUT2D eigenvalue weighted by Crippen LogP contribution is -2.38. The Morgan fingerprint density at radius 2 is 2.10 bits per heavy atom. The maximum atomic E-state index is 8.82. The van der Waals surface area contributed by atoms with Crippen LogP contribution in [0.15, 0.2) is 6.33 Å². The summed E-state index contributed by atoms with van der Waals surface area (Å²) >= 11 is 0. The number of nitrogens with zero attached hydrogens (tertiary/aromatic N) is 3. The first-order chi connectivity index (χ1) is 10.2. The van der Waals surface area contributed by atoms with Gasteiger partial charge in [-0.1, -0.05) is 13.8 Å². The quantitative estimate of drug-likeness (QED) is 0.831. The normalized spacial score (nSPS) is 16.5. The van der Waals surface area contributed by atoms with Gasteiger partial charge in [-0.05, 0) is 18.8 Å². The summed E-state index contributed by atoms with van der Waals surface area (Å²) in [7, 11) is 1.90. The largest absolute Gasteiger partial charge is 0.394 e. The van der Waals surface area contributed by atoms with E-state index < -0.39 is 0 Å². The number of aromatic nitrogens is 2. The zero-order chi connectivity index (χ0) is 15.2. The van der Waals surface area contributed by atoms with Crippen molar-refractivity contribution in [3.05, 3.63) is 11.9 Å². The van der Waals surface area contributed by atoms with E-state index in [1.165, 1.54) is 5.56 Å². The summed E-state index contributed by atoms with van der Waals surface area (Å²) in [5, 5.41) is 12.0. The van der Waals surface area contributed by atoms with Crippen LogP contribution in [0.4, 0.5) is 11.6 Å². The van der Waals surface area contributed by atoms with Crippen molar-refractivity contribution in [2.24, 2.45) is 0 Å². The van der Waals surface area contributed by atoms with Crippen LogP contribution in [0.5, 0.6) is 0 Å². The fourth-order valence-electron chi connectivity index (χ4n) is 2.82. The Morgan fingerprint density at radius 1 is 1.38 bits per heavy atom. The molecule has 2 rings (SSSR count). The lowest BCUT2D eigenvalue weighted by atomic mass is 10.0. The van der Waals surface area contributed by atoms with Crippen LogP contribution in [0.3, 0.4) is 0 Å². The molecule has 21 heavy (non-hydrogen) atoms. The third-order valence-electron chi connectivity index (χ3n) is 3.86. The third kappa shape index (κ3) is 3.83. The van der Waals surface area contributed by atoms with E-state index >= 15 is 0 Å². The monoisotopic (exact) mass is 294 g/mol. The molecule has 2 N–H and O–H groups in total. The maximum Gasteiger partial charge on any atom is 0.137 e. The van der Waals surface area contributed by atoms with Crippen molar-refractivity contribution >= 4 is 11.6 Å². The van der Waals surface area contributed by atoms with E-state index in [1.807, 2.05) is 7.05 Å². The van der Waals surface area contributed by atoms with Gasteiger partial charge in [-0.2, -0.15) is 0 Å². The third-order valence-corrected chi connectivity index (χ3v) is 3.86. The molecule has 0 amide bonds. The SMILES string of the molecule is CNc1ncnc(N2CCC(OCCO)CC2)c1C(C)C. The Labute approximate surface area is 126 Å². The molecule has 1 aliphatic rings. The van der Waals surface area contributed by atoms with Crippen molar-refractivity contribution in [3.63, 3.8) is 0 Å². The van der Waals surface area contributed by atoms with Crippen molar-refractivity contribution in [1.82, 2.24) is 9.97 Å². The van der Waals surface area contributed by atoms with E-state index in [2.05, 4.69) is 34.0 Å². The minimum atomic E-state index is 0.0924. The van der Waals surface area contributed by atoms with Crippen molar-refractivity contribution in [3.8, 4) is 0 Å². The van der Waals surface area contributed by atoms with Gasteiger partial charge in [0.15, 0.2) is 0 Å². The van der Waals surface area contributed by atoms with Crippen molar-refractivity contribution in [2.75, 3.05) is 43.6 Å². The van der Waals surface area contributed by atoms with Gasteiger partial charge in [0.1, 0.15) is 18.0 Å². The summed E-state index contributed by atoms with van der Waals surface area (Å²) in [6.07, 6.45) is 3.82. The molecule has 0 saturated carbocycles. The molecule has 0 bridgehead atoms. The second kappa shape index (κ2) is 7.56. The van der Waals surface area contributed by atoms with Gasteiger partial charge in [-0.25, -0.2) is 9.97 Å². The van der Waals surface area contributed by atoms with E-state index in [9.17, 15) is 0 Å². The lowest BCUT2D eigenvalue weighted by molar-refractivity contribution is 0.0158.